The number of carbonyl (C=O) groups is 1. The van der Waals surface area contributed by atoms with Gasteiger partial charge in [-0.05, 0) is 48.0 Å². The summed E-state index contributed by atoms with van der Waals surface area (Å²) in [5, 5.41) is 14.5. The zero-order chi connectivity index (χ0) is 25.9. The van der Waals surface area contributed by atoms with Crippen molar-refractivity contribution in [2.24, 2.45) is 0 Å². The molecule has 0 aliphatic rings. The topological polar surface area (TPSA) is 93.5 Å². The van der Waals surface area contributed by atoms with Gasteiger partial charge in [0.05, 0.1) is 26.0 Å². The number of rotatable bonds is 11. The summed E-state index contributed by atoms with van der Waals surface area (Å²) in [6.45, 7) is 1.02. The fourth-order valence-corrected chi connectivity index (χ4v) is 4.04. The molecule has 0 fully saturated rings. The van der Waals surface area contributed by atoms with Crippen LogP contribution in [0, 0.1) is 11.3 Å². The number of nitrogens with zero attached hydrogens (tertiary/aromatic N) is 2. The standard InChI is InChI=1S/C29H25N3O4S/c1-34-24-12-14-26(15-13-24)36-17-5-16-35-25-10-8-21(9-11-25)18-23(19-30)28(33)32-29-31-27(20-37-29)22-6-3-2-4-7-22/h2-4,6-15,18,20H,5,16-17H2,1H3,(H,31,32,33)/b23-18-. The first-order valence-electron chi connectivity index (χ1n) is 11.6. The maximum Gasteiger partial charge on any atom is 0.268 e. The summed E-state index contributed by atoms with van der Waals surface area (Å²) in [4.78, 5) is 17.1. The molecule has 4 aromatic rings. The normalized spacial score (nSPS) is 10.9. The molecule has 0 aliphatic heterocycles. The zero-order valence-electron chi connectivity index (χ0n) is 20.2. The van der Waals surface area contributed by atoms with Crippen molar-refractivity contribution in [3.05, 3.63) is 95.4 Å². The van der Waals surface area contributed by atoms with E-state index in [1.54, 1.807) is 31.4 Å². The Hall–Kier alpha value is -4.61. The van der Waals surface area contributed by atoms with Gasteiger partial charge in [0.2, 0.25) is 0 Å². The molecule has 0 atom stereocenters. The fraction of sp³-hybridized carbons (Fsp3) is 0.138. The molecule has 1 aromatic heterocycles. The minimum absolute atomic E-state index is 0.0131. The van der Waals surface area contributed by atoms with Gasteiger partial charge in [0.1, 0.15) is 28.9 Å². The lowest BCUT2D eigenvalue weighted by Gasteiger charge is -2.09. The van der Waals surface area contributed by atoms with Crippen LogP contribution in [0.2, 0.25) is 0 Å². The van der Waals surface area contributed by atoms with Crippen LogP contribution in [0.1, 0.15) is 12.0 Å². The molecule has 0 saturated carbocycles. The molecule has 1 amide bonds. The van der Waals surface area contributed by atoms with Gasteiger partial charge in [0.15, 0.2) is 5.13 Å². The fourth-order valence-electron chi connectivity index (χ4n) is 3.32. The van der Waals surface area contributed by atoms with Crippen molar-refractivity contribution in [3.63, 3.8) is 0 Å². The Morgan fingerprint density at radius 1 is 0.946 bits per heavy atom. The summed E-state index contributed by atoms with van der Waals surface area (Å²) in [7, 11) is 1.63. The van der Waals surface area contributed by atoms with Gasteiger partial charge in [0.25, 0.3) is 5.91 Å². The molecule has 0 saturated heterocycles. The monoisotopic (exact) mass is 511 g/mol. The second-order valence-corrected chi connectivity index (χ2v) is 8.68. The lowest BCUT2D eigenvalue weighted by molar-refractivity contribution is -0.112. The highest BCUT2D eigenvalue weighted by Crippen LogP contribution is 2.25. The van der Waals surface area contributed by atoms with E-state index in [4.69, 9.17) is 14.2 Å². The molecule has 186 valence electrons. The van der Waals surface area contributed by atoms with Crippen molar-refractivity contribution >= 4 is 28.5 Å². The first kappa shape index (κ1) is 25.5. The van der Waals surface area contributed by atoms with Crippen molar-refractivity contribution in [3.8, 4) is 34.6 Å². The van der Waals surface area contributed by atoms with Crippen LogP contribution in [0.5, 0.6) is 17.2 Å². The van der Waals surface area contributed by atoms with Gasteiger partial charge in [0, 0.05) is 17.4 Å². The van der Waals surface area contributed by atoms with E-state index in [1.165, 1.54) is 17.4 Å². The highest BCUT2D eigenvalue weighted by Gasteiger charge is 2.12. The third-order valence-electron chi connectivity index (χ3n) is 5.24. The molecule has 8 heteroatoms. The smallest absolute Gasteiger partial charge is 0.268 e. The quantitative estimate of drug-likeness (QED) is 0.146. The molecule has 0 radical (unpaired) electrons. The maximum absolute atomic E-state index is 12.6. The minimum Gasteiger partial charge on any atom is -0.497 e. The minimum atomic E-state index is -0.506. The highest BCUT2D eigenvalue weighted by molar-refractivity contribution is 7.14. The predicted molar refractivity (Wildman–Crippen MR) is 145 cm³/mol. The number of amides is 1. The number of hydrogen-bond donors (Lipinski definition) is 1. The Morgan fingerprint density at radius 2 is 1.57 bits per heavy atom. The average molecular weight is 512 g/mol. The second kappa shape index (κ2) is 12.9. The molecule has 37 heavy (non-hydrogen) atoms. The Bertz CT molecular complexity index is 1380. The number of anilines is 1. The molecule has 7 nitrogen and oxygen atoms in total. The summed E-state index contributed by atoms with van der Waals surface area (Å²) in [6, 6.07) is 26.3. The van der Waals surface area contributed by atoms with E-state index in [0.717, 1.165) is 29.2 Å². The molecular weight excluding hydrogens is 486 g/mol. The molecule has 0 aliphatic carbocycles. The largest absolute Gasteiger partial charge is 0.497 e. The van der Waals surface area contributed by atoms with Crippen LogP contribution in [0.4, 0.5) is 5.13 Å². The molecule has 0 unspecified atom stereocenters. The molecular formula is C29H25N3O4S. The second-order valence-electron chi connectivity index (χ2n) is 7.82. The molecule has 4 rings (SSSR count). The Morgan fingerprint density at radius 3 is 2.19 bits per heavy atom. The summed E-state index contributed by atoms with van der Waals surface area (Å²) in [6.07, 6.45) is 2.25. The number of carbonyl (C=O) groups excluding carboxylic acids is 1. The van der Waals surface area contributed by atoms with Crippen molar-refractivity contribution in [2.45, 2.75) is 6.42 Å². The van der Waals surface area contributed by atoms with Gasteiger partial charge < -0.3 is 14.2 Å². The Labute approximate surface area is 219 Å². The molecule has 0 spiro atoms. The summed E-state index contributed by atoms with van der Waals surface area (Å²) in [5.74, 6) is 1.75. The van der Waals surface area contributed by atoms with Crippen LogP contribution in [-0.2, 0) is 4.79 Å². The number of nitriles is 1. The number of benzene rings is 3. The first-order valence-corrected chi connectivity index (χ1v) is 12.5. The summed E-state index contributed by atoms with van der Waals surface area (Å²) >= 11 is 1.31. The van der Waals surface area contributed by atoms with E-state index < -0.39 is 5.91 Å². The van der Waals surface area contributed by atoms with Crippen molar-refractivity contribution in [2.75, 3.05) is 25.6 Å². The highest BCUT2D eigenvalue weighted by atomic mass is 32.1. The van der Waals surface area contributed by atoms with Crippen molar-refractivity contribution < 1.29 is 19.0 Å². The van der Waals surface area contributed by atoms with Crippen LogP contribution in [-0.4, -0.2) is 31.2 Å². The van der Waals surface area contributed by atoms with Gasteiger partial charge in [-0.3, -0.25) is 10.1 Å². The third-order valence-corrected chi connectivity index (χ3v) is 5.99. The molecule has 1 heterocycles. The first-order chi connectivity index (χ1) is 18.1. The number of aromatic nitrogens is 1. The van der Waals surface area contributed by atoms with Crippen LogP contribution in [0.25, 0.3) is 17.3 Å². The van der Waals surface area contributed by atoms with E-state index >= 15 is 0 Å². The van der Waals surface area contributed by atoms with E-state index in [0.29, 0.717) is 29.7 Å². The predicted octanol–water partition coefficient (Wildman–Crippen LogP) is 6.21. The maximum atomic E-state index is 12.6. The summed E-state index contributed by atoms with van der Waals surface area (Å²) in [5.41, 5.74) is 2.43. The van der Waals surface area contributed by atoms with Crippen LogP contribution < -0.4 is 19.5 Å². The Kier molecular flexibility index (Phi) is 8.89. The average Bonchev–Trinajstić information content (AvgIpc) is 3.41. The number of hydrogen-bond acceptors (Lipinski definition) is 7. The van der Waals surface area contributed by atoms with Crippen molar-refractivity contribution in [1.29, 1.82) is 5.26 Å². The van der Waals surface area contributed by atoms with Crippen LogP contribution in [0.15, 0.2) is 89.8 Å². The molecule has 1 N–H and O–H groups in total. The zero-order valence-corrected chi connectivity index (χ0v) is 21.0. The number of thiazole rings is 1. The Balaban J connectivity index is 1.25. The van der Waals surface area contributed by atoms with Crippen LogP contribution >= 0.6 is 11.3 Å². The van der Waals surface area contributed by atoms with Gasteiger partial charge in [-0.2, -0.15) is 5.26 Å². The van der Waals surface area contributed by atoms with E-state index in [2.05, 4.69) is 10.3 Å². The summed E-state index contributed by atoms with van der Waals surface area (Å²) < 4.78 is 16.6. The number of nitrogens with one attached hydrogen (secondary N) is 1. The van der Waals surface area contributed by atoms with Gasteiger partial charge in [-0.25, -0.2) is 4.98 Å². The SMILES string of the molecule is COc1ccc(OCCCOc2ccc(/C=C(/C#N)C(=O)Nc3nc(-c4ccccc4)cs3)cc2)cc1. The van der Waals surface area contributed by atoms with E-state index in [1.807, 2.05) is 66.0 Å². The number of ether oxygens (including phenoxy) is 3. The molecule has 0 bridgehead atoms. The lowest BCUT2D eigenvalue weighted by atomic mass is 10.1. The van der Waals surface area contributed by atoms with Crippen LogP contribution in [0.3, 0.4) is 0 Å². The van der Waals surface area contributed by atoms with Gasteiger partial charge in [-0.15, -0.1) is 11.3 Å². The lowest BCUT2D eigenvalue weighted by Crippen LogP contribution is -2.13. The molecule has 3 aromatic carbocycles. The van der Waals surface area contributed by atoms with Gasteiger partial charge in [-0.1, -0.05) is 42.5 Å². The van der Waals surface area contributed by atoms with Gasteiger partial charge >= 0.3 is 0 Å². The third kappa shape index (κ3) is 7.43. The van der Waals surface area contributed by atoms with Crippen molar-refractivity contribution in [1.82, 2.24) is 4.98 Å². The van der Waals surface area contributed by atoms with E-state index in [9.17, 15) is 10.1 Å². The van der Waals surface area contributed by atoms with E-state index in [-0.39, 0.29) is 5.57 Å². The number of methoxy groups -OCH3 is 1.